The van der Waals surface area contributed by atoms with Crippen LogP contribution in [0, 0.1) is 5.82 Å². The molecule has 2 rings (SSSR count). The average Bonchev–Trinajstić information content (AvgIpc) is 2.72. The summed E-state index contributed by atoms with van der Waals surface area (Å²) in [6.45, 7) is 5.36. The Bertz CT molecular complexity index is 678. The van der Waals surface area contributed by atoms with Gasteiger partial charge in [0.2, 0.25) is 5.91 Å². The third-order valence-corrected chi connectivity index (χ3v) is 4.74. The fourth-order valence-electron chi connectivity index (χ4n) is 3.19. The molecule has 0 aromatic heterocycles. The van der Waals surface area contributed by atoms with Gasteiger partial charge in [0.25, 0.3) is 0 Å². The lowest BCUT2D eigenvalue weighted by Crippen LogP contribution is -2.54. The van der Waals surface area contributed by atoms with E-state index in [1.54, 1.807) is 33.4 Å². The Kier molecular flexibility index (Phi) is 9.82. The minimum atomic E-state index is -0.262. The second-order valence-electron chi connectivity index (χ2n) is 6.87. The van der Waals surface area contributed by atoms with Crippen LogP contribution in [-0.2, 0) is 27.4 Å². The van der Waals surface area contributed by atoms with Gasteiger partial charge in [-0.1, -0.05) is 6.07 Å². The Balaban J connectivity index is 1.79. The van der Waals surface area contributed by atoms with Crippen LogP contribution in [0.1, 0.15) is 11.1 Å². The van der Waals surface area contributed by atoms with Crippen LogP contribution >= 0.6 is 0 Å². The van der Waals surface area contributed by atoms with E-state index in [9.17, 15) is 9.18 Å². The molecule has 0 saturated carbocycles. The highest BCUT2D eigenvalue weighted by Crippen LogP contribution is 2.12. The van der Waals surface area contributed by atoms with E-state index in [2.05, 4.69) is 25.4 Å². The topological polar surface area (TPSA) is 78.4 Å². The molecule has 8 nitrogen and oxygen atoms in total. The minimum absolute atomic E-state index is 0.0150. The van der Waals surface area contributed by atoms with E-state index in [-0.39, 0.29) is 18.3 Å². The van der Waals surface area contributed by atoms with Crippen LogP contribution in [0.2, 0.25) is 0 Å². The highest BCUT2D eigenvalue weighted by Gasteiger charge is 2.21. The Morgan fingerprint density at radius 3 is 2.59 bits per heavy atom. The predicted molar refractivity (Wildman–Crippen MR) is 110 cm³/mol. The second-order valence-corrected chi connectivity index (χ2v) is 6.87. The third kappa shape index (κ3) is 7.60. The average molecular weight is 410 g/mol. The zero-order valence-electron chi connectivity index (χ0n) is 17.5. The summed E-state index contributed by atoms with van der Waals surface area (Å²) in [7, 11) is 4.91. The smallest absolute Gasteiger partial charge is 0.234 e. The molecule has 1 heterocycles. The Hall–Kier alpha value is -2.23. The van der Waals surface area contributed by atoms with Gasteiger partial charge in [0, 0.05) is 66.1 Å². The molecule has 0 radical (unpaired) electrons. The van der Waals surface area contributed by atoms with Gasteiger partial charge in [0.1, 0.15) is 5.82 Å². The van der Waals surface area contributed by atoms with Crippen molar-refractivity contribution in [2.45, 2.75) is 13.2 Å². The van der Waals surface area contributed by atoms with E-state index in [4.69, 9.17) is 9.47 Å². The van der Waals surface area contributed by atoms with Crippen molar-refractivity contribution in [2.75, 3.05) is 67.1 Å². The summed E-state index contributed by atoms with van der Waals surface area (Å²) in [5.41, 5.74) is 1.50. The number of carbonyl (C=O) groups is 1. The number of benzene rings is 1. The summed E-state index contributed by atoms with van der Waals surface area (Å²) in [4.78, 5) is 20.6. The number of ether oxygens (including phenoxy) is 2. The number of hydrogen-bond acceptors (Lipinski definition) is 5. The number of nitrogens with one attached hydrogen (secondary N) is 2. The lowest BCUT2D eigenvalue weighted by molar-refractivity contribution is -0.122. The quantitative estimate of drug-likeness (QED) is 0.350. The number of guanidine groups is 1. The summed E-state index contributed by atoms with van der Waals surface area (Å²) in [5, 5.41) is 6.18. The molecule has 1 aromatic carbocycles. The first-order valence-electron chi connectivity index (χ1n) is 9.77. The van der Waals surface area contributed by atoms with Crippen LogP contribution in [0.4, 0.5) is 4.39 Å². The molecule has 0 bridgehead atoms. The molecule has 2 N–H and O–H groups in total. The normalized spacial score (nSPS) is 15.4. The minimum Gasteiger partial charge on any atom is -0.383 e. The molecule has 0 unspecified atom stereocenters. The van der Waals surface area contributed by atoms with Gasteiger partial charge in [0.15, 0.2) is 5.96 Å². The van der Waals surface area contributed by atoms with E-state index >= 15 is 0 Å². The predicted octanol–water partition coefficient (Wildman–Crippen LogP) is 0.428. The van der Waals surface area contributed by atoms with E-state index in [1.807, 2.05) is 0 Å². The van der Waals surface area contributed by atoms with E-state index in [0.29, 0.717) is 31.8 Å². The van der Waals surface area contributed by atoms with Gasteiger partial charge in [-0.2, -0.15) is 0 Å². The number of aliphatic imine (C=N–C) groups is 1. The molecule has 1 saturated heterocycles. The van der Waals surface area contributed by atoms with Gasteiger partial charge < -0.3 is 25.0 Å². The molecule has 1 amide bonds. The van der Waals surface area contributed by atoms with Crippen molar-refractivity contribution in [1.82, 2.24) is 20.4 Å². The van der Waals surface area contributed by atoms with Gasteiger partial charge in [-0.15, -0.1) is 0 Å². The van der Waals surface area contributed by atoms with Crippen LogP contribution in [0.25, 0.3) is 0 Å². The number of piperazine rings is 1. The SMILES string of the molecule is CN=C(NCc1ccc(F)c(COC)c1)N1CCN(CC(=O)NCCOC)CC1. The molecule has 0 atom stereocenters. The first kappa shape index (κ1) is 23.1. The maximum Gasteiger partial charge on any atom is 0.234 e. The second kappa shape index (κ2) is 12.4. The number of rotatable bonds is 9. The van der Waals surface area contributed by atoms with Crippen LogP contribution in [0.3, 0.4) is 0 Å². The number of hydrogen-bond donors (Lipinski definition) is 2. The number of nitrogens with zero attached hydrogens (tertiary/aromatic N) is 3. The van der Waals surface area contributed by atoms with E-state index < -0.39 is 0 Å². The number of methoxy groups -OCH3 is 2. The van der Waals surface area contributed by atoms with Gasteiger partial charge >= 0.3 is 0 Å². The summed E-state index contributed by atoms with van der Waals surface area (Å²) < 4.78 is 23.7. The lowest BCUT2D eigenvalue weighted by Gasteiger charge is -2.36. The fraction of sp³-hybridized carbons (Fsp3) is 0.600. The van der Waals surface area contributed by atoms with Gasteiger partial charge in [-0.25, -0.2) is 4.39 Å². The van der Waals surface area contributed by atoms with Gasteiger partial charge in [-0.3, -0.25) is 14.7 Å². The maximum atomic E-state index is 13.8. The lowest BCUT2D eigenvalue weighted by atomic mass is 10.1. The Morgan fingerprint density at radius 1 is 1.17 bits per heavy atom. The van der Waals surface area contributed by atoms with Crippen molar-refractivity contribution in [3.8, 4) is 0 Å². The number of halogens is 1. The molecule has 162 valence electrons. The molecule has 1 aliphatic rings. The van der Waals surface area contributed by atoms with Crippen LogP contribution in [0.5, 0.6) is 0 Å². The van der Waals surface area contributed by atoms with Crippen LogP contribution in [0.15, 0.2) is 23.2 Å². The van der Waals surface area contributed by atoms with Crippen molar-refractivity contribution in [2.24, 2.45) is 4.99 Å². The van der Waals surface area contributed by atoms with E-state index in [0.717, 1.165) is 37.7 Å². The number of amides is 1. The fourth-order valence-corrected chi connectivity index (χ4v) is 3.19. The molecule has 1 aromatic rings. The highest BCUT2D eigenvalue weighted by atomic mass is 19.1. The monoisotopic (exact) mass is 409 g/mol. The molecule has 29 heavy (non-hydrogen) atoms. The largest absolute Gasteiger partial charge is 0.383 e. The molecule has 9 heteroatoms. The zero-order valence-corrected chi connectivity index (χ0v) is 17.5. The summed E-state index contributed by atoms with van der Waals surface area (Å²) >= 11 is 0. The van der Waals surface area contributed by atoms with Gasteiger partial charge in [0.05, 0.1) is 19.8 Å². The first-order valence-corrected chi connectivity index (χ1v) is 9.77. The Labute approximate surface area is 172 Å². The molecular weight excluding hydrogens is 377 g/mol. The maximum absolute atomic E-state index is 13.8. The zero-order chi connectivity index (χ0) is 21.1. The van der Waals surface area contributed by atoms with Crippen LogP contribution < -0.4 is 10.6 Å². The molecule has 1 aliphatic heterocycles. The number of carbonyl (C=O) groups excluding carboxylic acids is 1. The summed E-state index contributed by atoms with van der Waals surface area (Å²) in [5.74, 6) is 0.551. The molecule has 0 aliphatic carbocycles. The standard InChI is InChI=1S/C20H32FN5O3/c1-22-20(24-13-16-4-5-18(21)17(12-16)15-29-3)26-9-7-25(8-10-26)14-19(27)23-6-11-28-2/h4-5,12H,6-11,13-15H2,1-3H3,(H,22,24)(H,23,27). The van der Waals surface area contributed by atoms with Crippen molar-refractivity contribution in [3.05, 3.63) is 35.1 Å². The summed E-state index contributed by atoms with van der Waals surface area (Å²) in [6, 6.07) is 5.03. The van der Waals surface area contributed by atoms with Crippen LogP contribution in [-0.4, -0.2) is 88.8 Å². The van der Waals surface area contributed by atoms with Crippen molar-refractivity contribution in [1.29, 1.82) is 0 Å². The molecule has 1 fully saturated rings. The van der Waals surface area contributed by atoms with Crippen molar-refractivity contribution in [3.63, 3.8) is 0 Å². The Morgan fingerprint density at radius 2 is 1.93 bits per heavy atom. The third-order valence-electron chi connectivity index (χ3n) is 4.74. The van der Waals surface area contributed by atoms with E-state index in [1.165, 1.54) is 6.07 Å². The van der Waals surface area contributed by atoms with Crippen molar-refractivity contribution < 1.29 is 18.7 Å². The van der Waals surface area contributed by atoms with Gasteiger partial charge in [-0.05, 0) is 17.7 Å². The summed E-state index contributed by atoms with van der Waals surface area (Å²) in [6.07, 6.45) is 0. The highest BCUT2D eigenvalue weighted by molar-refractivity contribution is 5.80. The molecule has 0 spiro atoms. The van der Waals surface area contributed by atoms with Crippen molar-refractivity contribution >= 4 is 11.9 Å². The first-order chi connectivity index (χ1) is 14.1. The molecular formula is C20H32FN5O3.